The molecule has 0 bridgehead atoms. The molecule has 0 spiro atoms. The Morgan fingerprint density at radius 2 is 1.90 bits per heavy atom. The topological polar surface area (TPSA) is 70.9 Å². The molecule has 0 saturated heterocycles. The summed E-state index contributed by atoms with van der Waals surface area (Å²) in [5.41, 5.74) is 3.27. The molecule has 2 rings (SSSR count). The van der Waals surface area contributed by atoms with Gasteiger partial charge in [0.1, 0.15) is 11.5 Å². The van der Waals surface area contributed by atoms with Crippen LogP contribution in [0.3, 0.4) is 0 Å². The van der Waals surface area contributed by atoms with Gasteiger partial charge in [0.15, 0.2) is 0 Å². The molecular weight excluding hydrogens is 256 g/mol. The first-order valence-electron chi connectivity index (χ1n) is 5.97. The largest absolute Gasteiger partial charge is 0.507 e. The van der Waals surface area contributed by atoms with E-state index in [1.165, 1.54) is 18.3 Å². The number of hydrazone groups is 1. The number of phenols is 1. The van der Waals surface area contributed by atoms with Gasteiger partial charge < -0.3 is 9.84 Å². The second kappa shape index (κ2) is 6.38. The maximum atomic E-state index is 11.8. The van der Waals surface area contributed by atoms with Crippen molar-refractivity contribution < 1.29 is 14.6 Å². The van der Waals surface area contributed by atoms with E-state index in [4.69, 9.17) is 4.74 Å². The van der Waals surface area contributed by atoms with Crippen molar-refractivity contribution in [2.24, 2.45) is 5.10 Å². The second-order valence-electron chi connectivity index (χ2n) is 3.96. The third kappa shape index (κ3) is 3.14. The molecule has 0 saturated carbocycles. The van der Waals surface area contributed by atoms with E-state index < -0.39 is 5.91 Å². The summed E-state index contributed by atoms with van der Waals surface area (Å²) in [7, 11) is 1.56. The Labute approximate surface area is 116 Å². The quantitative estimate of drug-likeness (QED) is 0.660. The van der Waals surface area contributed by atoms with Crippen molar-refractivity contribution >= 4 is 12.1 Å². The lowest BCUT2D eigenvalue weighted by molar-refractivity contribution is 0.0952. The number of nitrogens with zero attached hydrogens (tertiary/aromatic N) is 1. The molecule has 5 heteroatoms. The number of hydrogen-bond donors (Lipinski definition) is 2. The summed E-state index contributed by atoms with van der Waals surface area (Å²) >= 11 is 0. The molecule has 20 heavy (non-hydrogen) atoms. The number of benzene rings is 2. The molecule has 0 unspecified atom stereocenters. The summed E-state index contributed by atoms with van der Waals surface area (Å²) < 4.78 is 5.16. The summed E-state index contributed by atoms with van der Waals surface area (Å²) in [6.07, 6.45) is 1.48. The van der Waals surface area contributed by atoms with Gasteiger partial charge in [-0.25, -0.2) is 5.43 Å². The van der Waals surface area contributed by atoms with Crippen LogP contribution in [-0.2, 0) is 0 Å². The van der Waals surface area contributed by atoms with Crippen LogP contribution >= 0.6 is 0 Å². The number of carbonyl (C=O) groups is 1. The SMILES string of the molecule is COc1ccccc1/C=N\NC(=O)c1ccccc1O. The Kier molecular flexibility index (Phi) is 4.34. The first kappa shape index (κ1) is 13.6. The minimum absolute atomic E-state index is 0.0857. The van der Waals surface area contributed by atoms with Crippen LogP contribution in [0.1, 0.15) is 15.9 Å². The van der Waals surface area contributed by atoms with E-state index in [1.54, 1.807) is 25.3 Å². The van der Waals surface area contributed by atoms with Gasteiger partial charge in [-0.3, -0.25) is 4.79 Å². The fourth-order valence-electron chi connectivity index (χ4n) is 1.66. The Bertz CT molecular complexity index is 639. The third-order valence-corrected chi connectivity index (χ3v) is 2.66. The average molecular weight is 270 g/mol. The van der Waals surface area contributed by atoms with Gasteiger partial charge in [-0.15, -0.1) is 0 Å². The molecule has 2 aromatic carbocycles. The van der Waals surface area contributed by atoms with Crippen LogP contribution in [0, 0.1) is 0 Å². The number of aromatic hydroxyl groups is 1. The van der Waals surface area contributed by atoms with Crippen LogP contribution in [-0.4, -0.2) is 24.3 Å². The molecule has 102 valence electrons. The zero-order chi connectivity index (χ0) is 14.4. The fourth-order valence-corrected chi connectivity index (χ4v) is 1.66. The van der Waals surface area contributed by atoms with Crippen molar-refractivity contribution in [3.05, 3.63) is 59.7 Å². The van der Waals surface area contributed by atoms with E-state index in [1.807, 2.05) is 18.2 Å². The van der Waals surface area contributed by atoms with Crippen LogP contribution in [0.4, 0.5) is 0 Å². The van der Waals surface area contributed by atoms with Crippen LogP contribution < -0.4 is 10.2 Å². The molecule has 0 heterocycles. The molecule has 0 radical (unpaired) electrons. The summed E-state index contributed by atoms with van der Waals surface area (Å²) in [6, 6.07) is 13.6. The third-order valence-electron chi connectivity index (χ3n) is 2.66. The maximum absolute atomic E-state index is 11.8. The zero-order valence-electron chi connectivity index (χ0n) is 10.9. The molecular formula is C15H14N2O3. The summed E-state index contributed by atoms with van der Waals surface area (Å²) in [5, 5.41) is 13.4. The van der Waals surface area contributed by atoms with E-state index in [0.29, 0.717) is 5.75 Å². The molecule has 0 aromatic heterocycles. The van der Waals surface area contributed by atoms with Crippen LogP contribution in [0.2, 0.25) is 0 Å². The first-order chi connectivity index (χ1) is 9.72. The van der Waals surface area contributed by atoms with Gasteiger partial charge in [0, 0.05) is 5.56 Å². The average Bonchev–Trinajstić information content (AvgIpc) is 2.48. The number of rotatable bonds is 4. The first-order valence-corrected chi connectivity index (χ1v) is 5.97. The highest BCUT2D eigenvalue weighted by Gasteiger charge is 2.08. The summed E-state index contributed by atoms with van der Waals surface area (Å²) in [4.78, 5) is 11.8. The maximum Gasteiger partial charge on any atom is 0.275 e. The zero-order valence-corrected chi connectivity index (χ0v) is 10.9. The van der Waals surface area contributed by atoms with Crippen molar-refractivity contribution in [3.8, 4) is 11.5 Å². The standard InChI is InChI=1S/C15H14N2O3/c1-20-14-9-5-2-6-11(14)10-16-17-15(19)12-7-3-4-8-13(12)18/h2-10,18H,1H3,(H,17,19)/b16-10-. The number of nitrogens with one attached hydrogen (secondary N) is 1. The number of hydrogen-bond acceptors (Lipinski definition) is 4. The van der Waals surface area contributed by atoms with Gasteiger partial charge in [0.05, 0.1) is 18.9 Å². The lowest BCUT2D eigenvalue weighted by Crippen LogP contribution is -2.17. The Morgan fingerprint density at radius 1 is 1.20 bits per heavy atom. The minimum Gasteiger partial charge on any atom is -0.507 e. The van der Waals surface area contributed by atoms with Crippen molar-refractivity contribution in [1.82, 2.24) is 5.43 Å². The summed E-state index contributed by atoms with van der Waals surface area (Å²) in [6.45, 7) is 0. The Balaban J connectivity index is 2.07. The number of carbonyl (C=O) groups excluding carboxylic acids is 1. The highest BCUT2D eigenvalue weighted by Crippen LogP contribution is 2.16. The highest BCUT2D eigenvalue weighted by atomic mass is 16.5. The van der Waals surface area contributed by atoms with Crippen LogP contribution in [0.5, 0.6) is 11.5 Å². The molecule has 2 N–H and O–H groups in total. The van der Waals surface area contributed by atoms with Crippen molar-refractivity contribution in [2.75, 3.05) is 7.11 Å². The van der Waals surface area contributed by atoms with Gasteiger partial charge in [0.25, 0.3) is 5.91 Å². The Hall–Kier alpha value is -2.82. The van der Waals surface area contributed by atoms with E-state index in [9.17, 15) is 9.90 Å². The number of ether oxygens (including phenoxy) is 1. The normalized spacial score (nSPS) is 10.4. The highest BCUT2D eigenvalue weighted by molar-refractivity contribution is 5.97. The lowest BCUT2D eigenvalue weighted by Gasteiger charge is -2.04. The van der Waals surface area contributed by atoms with Crippen LogP contribution in [0.25, 0.3) is 0 Å². The fraction of sp³-hybridized carbons (Fsp3) is 0.0667. The second-order valence-corrected chi connectivity index (χ2v) is 3.96. The van der Waals surface area contributed by atoms with Gasteiger partial charge in [0.2, 0.25) is 0 Å². The van der Waals surface area contributed by atoms with Gasteiger partial charge >= 0.3 is 0 Å². The van der Waals surface area contributed by atoms with Crippen LogP contribution in [0.15, 0.2) is 53.6 Å². The lowest BCUT2D eigenvalue weighted by atomic mass is 10.2. The smallest absolute Gasteiger partial charge is 0.275 e. The van der Waals surface area contributed by atoms with Crippen molar-refractivity contribution in [3.63, 3.8) is 0 Å². The molecule has 1 amide bonds. The van der Waals surface area contributed by atoms with Crippen molar-refractivity contribution in [1.29, 1.82) is 0 Å². The predicted octanol–water partition coefficient (Wildman–Crippen LogP) is 2.16. The van der Waals surface area contributed by atoms with Gasteiger partial charge in [-0.2, -0.15) is 5.10 Å². The van der Waals surface area contributed by atoms with E-state index in [0.717, 1.165) is 5.56 Å². The summed E-state index contributed by atoms with van der Waals surface area (Å²) in [5.74, 6) is 0.0970. The van der Waals surface area contributed by atoms with Gasteiger partial charge in [-0.05, 0) is 24.3 Å². The number of methoxy groups -OCH3 is 1. The van der Waals surface area contributed by atoms with Crippen molar-refractivity contribution in [2.45, 2.75) is 0 Å². The van der Waals surface area contributed by atoms with E-state index in [-0.39, 0.29) is 11.3 Å². The molecule has 0 aliphatic rings. The number of amides is 1. The van der Waals surface area contributed by atoms with Gasteiger partial charge in [-0.1, -0.05) is 24.3 Å². The van der Waals surface area contributed by atoms with E-state index >= 15 is 0 Å². The predicted molar refractivity (Wildman–Crippen MR) is 76.2 cm³/mol. The Morgan fingerprint density at radius 3 is 2.65 bits per heavy atom. The molecule has 0 aliphatic carbocycles. The molecule has 0 atom stereocenters. The monoisotopic (exact) mass is 270 g/mol. The number of para-hydroxylation sites is 2. The molecule has 2 aromatic rings. The molecule has 0 fully saturated rings. The minimum atomic E-state index is -0.478. The molecule has 5 nitrogen and oxygen atoms in total. The molecule has 0 aliphatic heterocycles. The number of phenolic OH excluding ortho intramolecular Hbond substituents is 1. The van der Waals surface area contributed by atoms with E-state index in [2.05, 4.69) is 10.5 Å².